The van der Waals surface area contributed by atoms with Crippen LogP contribution in [-0.2, 0) is 0 Å². The fourth-order valence-corrected chi connectivity index (χ4v) is 2.22. The van der Waals surface area contributed by atoms with Crippen LogP contribution in [0.5, 0.6) is 0 Å². The molecule has 2 amide bonds. The van der Waals surface area contributed by atoms with Crippen LogP contribution in [0.15, 0.2) is 48.5 Å². The van der Waals surface area contributed by atoms with Gasteiger partial charge >= 0.3 is 0 Å². The normalized spacial score (nSPS) is 12.9. The zero-order valence-corrected chi connectivity index (χ0v) is 12.2. The third-order valence-corrected chi connectivity index (χ3v) is 3.37. The van der Waals surface area contributed by atoms with Crippen molar-refractivity contribution in [2.75, 3.05) is 12.0 Å². The van der Waals surface area contributed by atoms with Gasteiger partial charge in [-0.05, 0) is 31.2 Å². The van der Waals surface area contributed by atoms with E-state index in [4.69, 9.17) is 0 Å². The summed E-state index contributed by atoms with van der Waals surface area (Å²) < 4.78 is 0. The fraction of sp³-hybridized carbons (Fsp3) is 0.125. The van der Waals surface area contributed by atoms with Gasteiger partial charge in [-0.1, -0.05) is 29.8 Å². The summed E-state index contributed by atoms with van der Waals surface area (Å²) in [6.45, 7) is 2.18. The van der Waals surface area contributed by atoms with Crippen LogP contribution in [0.1, 0.15) is 26.3 Å². The van der Waals surface area contributed by atoms with Gasteiger partial charge in [-0.15, -0.1) is 0 Å². The van der Waals surface area contributed by atoms with Crippen molar-refractivity contribution in [2.24, 2.45) is 0 Å². The van der Waals surface area contributed by atoms with Crippen LogP contribution in [0.25, 0.3) is 0 Å². The highest BCUT2D eigenvalue weighted by atomic mass is 35.5. The van der Waals surface area contributed by atoms with Crippen molar-refractivity contribution < 1.29 is 22.0 Å². The van der Waals surface area contributed by atoms with Crippen molar-refractivity contribution in [3.8, 4) is 0 Å². The number of fused-ring (bicyclic) bond motifs is 1. The number of carbonyl (C=O) groups excluding carboxylic acids is 2. The van der Waals surface area contributed by atoms with Crippen molar-refractivity contribution in [3.05, 3.63) is 65.2 Å². The Morgan fingerprint density at radius 1 is 0.905 bits per heavy atom. The smallest absolute Gasteiger partial charge is 0.263 e. The van der Waals surface area contributed by atoms with E-state index in [1.807, 2.05) is 31.2 Å². The van der Waals surface area contributed by atoms with E-state index in [0.29, 0.717) is 11.1 Å². The lowest BCUT2D eigenvalue weighted by molar-refractivity contribution is -0.0000271. The zero-order valence-electron chi connectivity index (χ0n) is 11.5. The number of amides is 2. The minimum atomic E-state index is -0.245. The van der Waals surface area contributed by atoms with E-state index in [-0.39, 0.29) is 30.9 Å². The molecule has 0 bridgehead atoms. The maximum atomic E-state index is 12.1. The third-order valence-electron chi connectivity index (χ3n) is 3.37. The Balaban J connectivity index is 0.00000161. The molecule has 1 heterocycles. The van der Waals surface area contributed by atoms with Crippen LogP contribution in [-0.4, -0.2) is 23.4 Å². The van der Waals surface area contributed by atoms with Gasteiger partial charge in [0.2, 0.25) is 0 Å². The summed E-state index contributed by atoms with van der Waals surface area (Å²) >= 11 is 0. The second-order valence-corrected chi connectivity index (χ2v) is 4.78. The lowest BCUT2D eigenvalue weighted by Crippen LogP contribution is -3.00. The minimum Gasteiger partial charge on any atom is -1.00 e. The van der Waals surface area contributed by atoms with E-state index in [0.717, 1.165) is 11.3 Å². The number of nitrogens with one attached hydrogen (secondary N) is 1. The largest absolute Gasteiger partial charge is 1.00 e. The molecule has 0 spiro atoms. The van der Waals surface area contributed by atoms with Gasteiger partial charge in [-0.2, -0.15) is 0 Å². The van der Waals surface area contributed by atoms with E-state index in [1.54, 1.807) is 24.3 Å². The number of halogens is 1. The number of rotatable bonds is 3. The second-order valence-electron chi connectivity index (χ2n) is 4.78. The van der Waals surface area contributed by atoms with Gasteiger partial charge in [0, 0.05) is 5.69 Å². The van der Waals surface area contributed by atoms with Crippen LogP contribution in [0, 0.1) is 6.92 Å². The maximum absolute atomic E-state index is 12.1. The molecular formula is C16H14ClN2O2-. The van der Waals surface area contributed by atoms with E-state index < -0.39 is 0 Å². The average molecular weight is 302 g/mol. The Labute approximate surface area is 129 Å². The number of nitrogens with zero attached hydrogens (tertiary/aromatic N) is 1. The van der Waals surface area contributed by atoms with Crippen molar-refractivity contribution in [1.82, 2.24) is 4.90 Å². The highest BCUT2D eigenvalue weighted by Crippen LogP contribution is 2.22. The molecule has 0 aromatic heterocycles. The average Bonchev–Trinajstić information content (AvgIpc) is 2.71. The number of aryl methyl sites for hydroxylation is 1. The van der Waals surface area contributed by atoms with E-state index in [2.05, 4.69) is 5.32 Å². The first-order chi connectivity index (χ1) is 9.66. The molecule has 2 aromatic carbocycles. The summed E-state index contributed by atoms with van der Waals surface area (Å²) in [6.07, 6.45) is 0. The van der Waals surface area contributed by atoms with Gasteiger partial charge in [0.05, 0.1) is 17.8 Å². The molecule has 5 heteroatoms. The van der Waals surface area contributed by atoms with Crippen LogP contribution in [0.3, 0.4) is 0 Å². The second kappa shape index (κ2) is 5.97. The van der Waals surface area contributed by atoms with Crippen molar-refractivity contribution >= 4 is 17.5 Å². The molecule has 108 valence electrons. The van der Waals surface area contributed by atoms with Crippen molar-refractivity contribution in [3.63, 3.8) is 0 Å². The minimum absolute atomic E-state index is 0. The molecule has 2 aromatic rings. The molecule has 1 aliphatic heterocycles. The molecule has 0 unspecified atom stereocenters. The Bertz CT molecular complexity index is 648. The number of hydrogen-bond donors (Lipinski definition) is 1. The van der Waals surface area contributed by atoms with E-state index in [1.165, 1.54) is 4.90 Å². The predicted molar refractivity (Wildman–Crippen MR) is 76.6 cm³/mol. The quantitative estimate of drug-likeness (QED) is 0.790. The number of benzene rings is 2. The number of carbonyl (C=O) groups is 2. The molecule has 0 atom stereocenters. The Morgan fingerprint density at radius 3 is 1.95 bits per heavy atom. The van der Waals surface area contributed by atoms with Crippen molar-refractivity contribution in [2.45, 2.75) is 6.92 Å². The van der Waals surface area contributed by atoms with Gasteiger partial charge in [0.25, 0.3) is 11.8 Å². The molecule has 1 N–H and O–H groups in total. The molecule has 0 aliphatic carbocycles. The van der Waals surface area contributed by atoms with Crippen LogP contribution >= 0.6 is 0 Å². The molecule has 0 saturated carbocycles. The monoisotopic (exact) mass is 301 g/mol. The highest BCUT2D eigenvalue weighted by Gasteiger charge is 2.34. The number of imide groups is 1. The standard InChI is InChI=1S/C16H14N2O2.ClH/c1-11-6-8-12(9-7-11)17-10-18-15(19)13-4-2-3-5-14(13)16(18)20;/h2-9,17H,10H2,1H3;1H/p-1. The molecule has 1 aliphatic rings. The van der Waals surface area contributed by atoms with E-state index >= 15 is 0 Å². The van der Waals surface area contributed by atoms with Crippen molar-refractivity contribution in [1.29, 1.82) is 0 Å². The molecule has 0 fully saturated rings. The first-order valence-corrected chi connectivity index (χ1v) is 6.42. The highest BCUT2D eigenvalue weighted by molar-refractivity contribution is 6.21. The molecule has 0 radical (unpaired) electrons. The van der Waals surface area contributed by atoms with Crippen LogP contribution < -0.4 is 17.7 Å². The zero-order chi connectivity index (χ0) is 14.1. The van der Waals surface area contributed by atoms with Gasteiger partial charge < -0.3 is 17.7 Å². The first kappa shape index (κ1) is 15.1. The molecule has 3 rings (SSSR count). The number of hydrogen-bond acceptors (Lipinski definition) is 3. The van der Waals surface area contributed by atoms with Crippen LogP contribution in [0.2, 0.25) is 0 Å². The maximum Gasteiger partial charge on any atom is 0.263 e. The third kappa shape index (κ3) is 2.76. The molecule has 0 saturated heterocycles. The molecule has 21 heavy (non-hydrogen) atoms. The van der Waals surface area contributed by atoms with Gasteiger partial charge in [0.15, 0.2) is 0 Å². The lowest BCUT2D eigenvalue weighted by atomic mass is 10.1. The van der Waals surface area contributed by atoms with Gasteiger partial charge in [0.1, 0.15) is 0 Å². The van der Waals surface area contributed by atoms with Gasteiger partial charge in [-0.25, -0.2) is 0 Å². The van der Waals surface area contributed by atoms with Crippen LogP contribution in [0.4, 0.5) is 5.69 Å². The Kier molecular flexibility index (Phi) is 4.29. The summed E-state index contributed by atoms with van der Waals surface area (Å²) in [5.41, 5.74) is 3.00. The number of anilines is 1. The Hall–Kier alpha value is -2.33. The summed E-state index contributed by atoms with van der Waals surface area (Å²) in [7, 11) is 0. The van der Waals surface area contributed by atoms with E-state index in [9.17, 15) is 9.59 Å². The molecular weight excluding hydrogens is 288 g/mol. The van der Waals surface area contributed by atoms with Gasteiger partial charge in [-0.3, -0.25) is 14.5 Å². The fourth-order valence-electron chi connectivity index (χ4n) is 2.22. The SMILES string of the molecule is Cc1ccc(NCN2C(=O)c3ccccc3C2=O)cc1.[Cl-]. The summed E-state index contributed by atoms with van der Waals surface area (Å²) in [4.78, 5) is 25.5. The summed E-state index contributed by atoms with van der Waals surface area (Å²) in [5.74, 6) is -0.490. The lowest BCUT2D eigenvalue weighted by Gasteiger charge is -2.15. The topological polar surface area (TPSA) is 49.4 Å². The summed E-state index contributed by atoms with van der Waals surface area (Å²) in [5, 5.41) is 3.09. The summed E-state index contributed by atoms with van der Waals surface area (Å²) in [6, 6.07) is 14.7. The predicted octanol–water partition coefficient (Wildman–Crippen LogP) is -0.335. The first-order valence-electron chi connectivity index (χ1n) is 6.42. The molecule has 4 nitrogen and oxygen atoms in total. The Morgan fingerprint density at radius 2 is 1.43 bits per heavy atom.